The van der Waals surface area contributed by atoms with E-state index in [2.05, 4.69) is 72.3 Å². The van der Waals surface area contributed by atoms with Crippen molar-refractivity contribution in [1.82, 2.24) is 9.88 Å². The smallest absolute Gasteiger partial charge is 0.325 e. The van der Waals surface area contributed by atoms with Crippen molar-refractivity contribution in [2.45, 2.75) is 27.2 Å². The summed E-state index contributed by atoms with van der Waals surface area (Å²) in [5.41, 5.74) is 7.84. The number of ether oxygens (including phenoxy) is 1. The van der Waals surface area contributed by atoms with Crippen LogP contribution in [0.5, 0.6) is 0 Å². The van der Waals surface area contributed by atoms with Crippen LogP contribution in [0.4, 0.5) is 5.69 Å². The van der Waals surface area contributed by atoms with Gasteiger partial charge in [-0.25, -0.2) is 9.98 Å². The fourth-order valence-electron chi connectivity index (χ4n) is 3.07. The lowest BCUT2D eigenvalue weighted by molar-refractivity contribution is -0.140. The zero-order chi connectivity index (χ0) is 21.7. The van der Waals surface area contributed by atoms with Gasteiger partial charge in [0, 0.05) is 24.4 Å². The van der Waals surface area contributed by atoms with Crippen molar-refractivity contribution in [1.29, 1.82) is 0 Å². The molecule has 0 radical (unpaired) electrons. The first-order valence-electron chi connectivity index (χ1n) is 9.78. The second-order valence-corrected chi connectivity index (χ2v) is 8.41. The quantitative estimate of drug-likeness (QED) is 0.303. The van der Waals surface area contributed by atoms with E-state index in [1.165, 1.54) is 23.8 Å². The van der Waals surface area contributed by atoms with Gasteiger partial charge in [-0.3, -0.25) is 4.79 Å². The highest BCUT2D eigenvalue weighted by molar-refractivity contribution is 7.10. The van der Waals surface area contributed by atoms with Gasteiger partial charge >= 0.3 is 5.97 Å². The summed E-state index contributed by atoms with van der Waals surface area (Å²) >= 11 is 1.69. The average molecular weight is 422 g/mol. The first kappa shape index (κ1) is 21.7. The molecule has 0 saturated carbocycles. The Kier molecular flexibility index (Phi) is 7.00. The summed E-state index contributed by atoms with van der Waals surface area (Å²) in [6.45, 7) is 6.41. The van der Waals surface area contributed by atoms with Crippen LogP contribution in [0.3, 0.4) is 0 Å². The number of aryl methyl sites for hydroxylation is 3. The zero-order valence-corrected chi connectivity index (χ0v) is 18.9. The number of benzene rings is 2. The van der Waals surface area contributed by atoms with Gasteiger partial charge in [0.1, 0.15) is 6.54 Å². The Hall–Kier alpha value is -2.99. The first-order valence-corrected chi connectivity index (χ1v) is 10.7. The maximum Gasteiger partial charge on any atom is 0.325 e. The van der Waals surface area contributed by atoms with Crippen LogP contribution < -0.4 is 0 Å². The van der Waals surface area contributed by atoms with Gasteiger partial charge in [0.25, 0.3) is 0 Å². The van der Waals surface area contributed by atoms with E-state index in [1.54, 1.807) is 29.6 Å². The molecule has 1 heterocycles. The lowest BCUT2D eigenvalue weighted by atomic mass is 10.0. The van der Waals surface area contributed by atoms with Crippen molar-refractivity contribution < 1.29 is 9.53 Å². The van der Waals surface area contributed by atoms with Crippen LogP contribution >= 0.6 is 11.3 Å². The van der Waals surface area contributed by atoms with Crippen molar-refractivity contribution in [2.75, 3.05) is 20.7 Å². The molecule has 0 fully saturated rings. The summed E-state index contributed by atoms with van der Waals surface area (Å²) in [5, 5.41) is 3.22. The molecule has 0 atom stereocenters. The molecule has 5 nitrogen and oxygen atoms in total. The highest BCUT2D eigenvalue weighted by Gasteiger charge is 2.10. The molecule has 3 rings (SSSR count). The Bertz CT molecular complexity index is 1050. The number of methoxy groups -OCH3 is 1. The van der Waals surface area contributed by atoms with Gasteiger partial charge in [0.15, 0.2) is 0 Å². The standard InChI is InChI=1S/C24H27N3O2S/c1-16-6-8-19(9-7-16)22-14-30-23(26-22)12-20-10-18(3)21(11-17(20)2)25-15-27(4)13-24(28)29-5/h6-11,14-15H,12-13H2,1-5H3/b25-15+. The highest BCUT2D eigenvalue weighted by Crippen LogP contribution is 2.28. The number of nitrogens with zero attached hydrogens (tertiary/aromatic N) is 3. The van der Waals surface area contributed by atoms with Crippen LogP contribution in [0.1, 0.15) is 27.3 Å². The number of likely N-dealkylation sites (N-methyl/N-ethyl adjacent to an activating group) is 1. The Labute approximate surface area is 182 Å². The molecule has 0 amide bonds. The second kappa shape index (κ2) is 9.67. The van der Waals surface area contributed by atoms with Gasteiger partial charge in [-0.1, -0.05) is 35.9 Å². The maximum absolute atomic E-state index is 11.3. The molecule has 30 heavy (non-hydrogen) atoms. The first-order chi connectivity index (χ1) is 14.4. The normalized spacial score (nSPS) is 11.1. The van der Waals surface area contributed by atoms with E-state index in [1.807, 2.05) is 0 Å². The van der Waals surface area contributed by atoms with Crippen molar-refractivity contribution in [2.24, 2.45) is 4.99 Å². The Morgan fingerprint density at radius 1 is 1.17 bits per heavy atom. The number of thiazole rings is 1. The van der Waals surface area contributed by atoms with Gasteiger partial charge in [-0.05, 0) is 43.5 Å². The molecule has 0 bridgehead atoms. The predicted octanol–water partition coefficient (Wildman–Crippen LogP) is 5.09. The largest absolute Gasteiger partial charge is 0.468 e. The number of aromatic nitrogens is 1. The summed E-state index contributed by atoms with van der Waals surface area (Å²) in [6.07, 6.45) is 2.46. The van der Waals surface area contributed by atoms with E-state index in [9.17, 15) is 4.79 Å². The van der Waals surface area contributed by atoms with E-state index >= 15 is 0 Å². The number of rotatable bonds is 7. The Morgan fingerprint density at radius 3 is 2.60 bits per heavy atom. The molecule has 0 aliphatic heterocycles. The summed E-state index contributed by atoms with van der Waals surface area (Å²) in [7, 11) is 3.18. The van der Waals surface area contributed by atoms with E-state index in [4.69, 9.17) is 4.98 Å². The minimum absolute atomic E-state index is 0.170. The third kappa shape index (κ3) is 5.54. The van der Waals surface area contributed by atoms with Crippen LogP contribution in [0.15, 0.2) is 46.8 Å². The highest BCUT2D eigenvalue weighted by atomic mass is 32.1. The molecule has 0 unspecified atom stereocenters. The fourth-order valence-corrected chi connectivity index (χ4v) is 3.90. The molecule has 0 spiro atoms. The second-order valence-electron chi connectivity index (χ2n) is 7.47. The van der Waals surface area contributed by atoms with Crippen molar-refractivity contribution in [3.8, 4) is 11.3 Å². The van der Waals surface area contributed by atoms with Crippen molar-refractivity contribution >= 4 is 29.3 Å². The van der Waals surface area contributed by atoms with Crippen LogP contribution in [0, 0.1) is 20.8 Å². The molecule has 2 aromatic carbocycles. The SMILES string of the molecule is COC(=O)CN(C)/C=N/c1cc(C)c(Cc2nc(-c3ccc(C)cc3)cs2)cc1C. The summed E-state index contributed by atoms with van der Waals surface area (Å²) in [6, 6.07) is 12.7. The predicted molar refractivity (Wildman–Crippen MR) is 124 cm³/mol. The van der Waals surface area contributed by atoms with Crippen LogP contribution in [0.2, 0.25) is 0 Å². The average Bonchev–Trinajstić information content (AvgIpc) is 3.18. The number of hydrogen-bond acceptors (Lipinski definition) is 5. The summed E-state index contributed by atoms with van der Waals surface area (Å²) in [4.78, 5) is 22.4. The Balaban J connectivity index is 1.73. The number of esters is 1. The van der Waals surface area contributed by atoms with Crippen LogP contribution in [-0.2, 0) is 16.0 Å². The number of carbonyl (C=O) groups is 1. The lowest BCUT2D eigenvalue weighted by Gasteiger charge is -2.12. The van der Waals surface area contributed by atoms with Gasteiger partial charge < -0.3 is 9.64 Å². The molecule has 3 aromatic rings. The van der Waals surface area contributed by atoms with Gasteiger partial charge in [-0.15, -0.1) is 11.3 Å². The summed E-state index contributed by atoms with van der Waals surface area (Å²) in [5.74, 6) is -0.291. The number of aliphatic imine (C=N–C) groups is 1. The molecular weight excluding hydrogens is 394 g/mol. The van der Waals surface area contributed by atoms with Crippen LogP contribution in [0.25, 0.3) is 11.3 Å². The molecule has 0 saturated heterocycles. The van der Waals surface area contributed by atoms with E-state index < -0.39 is 0 Å². The molecule has 0 aliphatic carbocycles. The maximum atomic E-state index is 11.3. The van der Waals surface area contributed by atoms with E-state index in [0.29, 0.717) is 0 Å². The molecular formula is C24H27N3O2S. The topological polar surface area (TPSA) is 54.8 Å². The minimum atomic E-state index is -0.291. The molecule has 0 N–H and O–H groups in total. The van der Waals surface area contributed by atoms with E-state index in [-0.39, 0.29) is 12.5 Å². The molecule has 156 valence electrons. The summed E-state index contributed by atoms with van der Waals surface area (Å²) < 4.78 is 4.68. The van der Waals surface area contributed by atoms with E-state index in [0.717, 1.165) is 33.9 Å². The van der Waals surface area contributed by atoms with Crippen LogP contribution in [-0.4, -0.2) is 42.9 Å². The monoisotopic (exact) mass is 421 g/mol. The number of hydrogen-bond donors (Lipinski definition) is 0. The van der Waals surface area contributed by atoms with Gasteiger partial charge in [0.2, 0.25) is 0 Å². The van der Waals surface area contributed by atoms with Crippen molar-refractivity contribution in [3.63, 3.8) is 0 Å². The third-order valence-corrected chi connectivity index (χ3v) is 5.74. The van der Waals surface area contributed by atoms with Gasteiger partial charge in [0.05, 0.1) is 29.8 Å². The molecule has 6 heteroatoms. The number of carbonyl (C=O) groups excluding carboxylic acids is 1. The minimum Gasteiger partial charge on any atom is -0.468 e. The lowest BCUT2D eigenvalue weighted by Crippen LogP contribution is -2.25. The van der Waals surface area contributed by atoms with Crippen molar-refractivity contribution in [3.05, 3.63) is 69.0 Å². The Morgan fingerprint density at radius 2 is 1.90 bits per heavy atom. The fraction of sp³-hybridized carbons (Fsp3) is 0.292. The third-order valence-electron chi connectivity index (χ3n) is 4.90. The molecule has 0 aliphatic rings. The molecule has 1 aromatic heterocycles. The van der Waals surface area contributed by atoms with Gasteiger partial charge in [-0.2, -0.15) is 0 Å². The zero-order valence-electron chi connectivity index (χ0n) is 18.1.